The SMILES string of the molecule is CC(C)(C)c1ccc2c(c1)c1cc(Oc3ccc4c(c3)c3cc(C(C)(C)C)ccc3n4-c3ccc4oc5ccccc5c4c3)ccc1n2-c1ccc2oc3ccccc3c2c1. The summed E-state index contributed by atoms with van der Waals surface area (Å²) in [5, 5.41) is 9.13. The average Bonchev–Trinajstić information content (AvgIpc) is 3.99. The van der Waals surface area contributed by atoms with E-state index >= 15 is 0 Å². The maximum absolute atomic E-state index is 6.86. The molecule has 0 bridgehead atoms. The van der Waals surface area contributed by atoms with Gasteiger partial charge in [0.05, 0.1) is 22.1 Å². The van der Waals surface area contributed by atoms with Crippen molar-refractivity contribution in [1.29, 1.82) is 0 Å². The van der Waals surface area contributed by atoms with E-state index in [0.29, 0.717) is 0 Å². The number of hydrogen-bond donors (Lipinski definition) is 0. The first-order valence-corrected chi connectivity index (χ1v) is 21.1. The standard InChI is InChI=1S/C56H44N2O3/c1-55(2,3)33-15-21-47-41(27-33)43-31-37(19-23-49(43)57(47)35-17-25-53-45(29-35)39-11-7-9-13-51(39)60-53)59-38-20-24-50-44(32-38)42-28-34(56(4,5)6)16-22-48(42)58(50)36-18-26-54-46(30-36)40-12-8-10-14-52(40)61-54/h7-32H,1-6H3. The van der Waals surface area contributed by atoms with Crippen LogP contribution in [0.15, 0.2) is 167 Å². The Morgan fingerprint density at radius 3 is 1.15 bits per heavy atom. The van der Waals surface area contributed by atoms with Crippen molar-refractivity contribution in [3.05, 3.63) is 169 Å². The Kier molecular flexibility index (Phi) is 7.39. The molecule has 8 aromatic carbocycles. The normalized spacial score (nSPS) is 12.8. The van der Waals surface area contributed by atoms with Gasteiger partial charge in [0.15, 0.2) is 0 Å². The molecule has 4 heterocycles. The quantitative estimate of drug-likeness (QED) is 0.178. The second kappa shape index (κ2) is 12.6. The lowest BCUT2D eigenvalue weighted by Gasteiger charge is -2.19. The predicted molar refractivity (Wildman–Crippen MR) is 254 cm³/mol. The molecule has 0 saturated heterocycles. The molecule has 12 aromatic rings. The smallest absolute Gasteiger partial charge is 0.135 e. The summed E-state index contributed by atoms with van der Waals surface area (Å²) in [7, 11) is 0. The maximum Gasteiger partial charge on any atom is 0.135 e. The zero-order chi connectivity index (χ0) is 41.4. The van der Waals surface area contributed by atoms with Crippen LogP contribution in [-0.4, -0.2) is 9.13 Å². The molecule has 0 amide bonds. The van der Waals surface area contributed by atoms with E-state index < -0.39 is 0 Å². The number of hydrogen-bond acceptors (Lipinski definition) is 3. The Balaban J connectivity index is 1.01. The molecule has 5 heteroatoms. The first kappa shape index (κ1) is 35.7. The van der Waals surface area contributed by atoms with Crippen molar-refractivity contribution in [3.8, 4) is 22.9 Å². The number of aromatic nitrogens is 2. The maximum atomic E-state index is 6.86. The van der Waals surface area contributed by atoms with Crippen LogP contribution in [0, 0.1) is 0 Å². The highest BCUT2D eigenvalue weighted by Gasteiger charge is 2.22. The van der Waals surface area contributed by atoms with Crippen LogP contribution >= 0.6 is 0 Å². The first-order chi connectivity index (χ1) is 29.5. The molecule has 0 aliphatic carbocycles. The molecule has 0 fully saturated rings. The minimum Gasteiger partial charge on any atom is -0.457 e. The molecule has 5 nitrogen and oxygen atoms in total. The van der Waals surface area contributed by atoms with Crippen LogP contribution in [0.25, 0.3) is 98.9 Å². The summed E-state index contributed by atoms with van der Waals surface area (Å²) in [6.07, 6.45) is 0. The molecule has 0 atom stereocenters. The van der Waals surface area contributed by atoms with Gasteiger partial charge in [0, 0.05) is 54.5 Å². The molecule has 0 spiro atoms. The summed E-state index contributed by atoms with van der Waals surface area (Å²) in [5.74, 6) is 1.58. The Hall–Kier alpha value is -7.24. The van der Waals surface area contributed by atoms with Gasteiger partial charge in [0.1, 0.15) is 33.8 Å². The lowest BCUT2D eigenvalue weighted by Crippen LogP contribution is -2.10. The number of furan rings is 2. The molecular weight excluding hydrogens is 749 g/mol. The van der Waals surface area contributed by atoms with Gasteiger partial charge in [-0.15, -0.1) is 0 Å². The van der Waals surface area contributed by atoms with E-state index in [1.807, 2.05) is 24.3 Å². The van der Waals surface area contributed by atoms with Gasteiger partial charge in [-0.05, 0) is 131 Å². The highest BCUT2D eigenvalue weighted by atomic mass is 16.5. The van der Waals surface area contributed by atoms with E-state index in [4.69, 9.17) is 13.6 Å². The van der Waals surface area contributed by atoms with E-state index in [1.54, 1.807) is 0 Å². The lowest BCUT2D eigenvalue weighted by atomic mass is 9.86. The average molecular weight is 793 g/mol. The molecule has 0 N–H and O–H groups in total. The molecule has 0 radical (unpaired) electrons. The Morgan fingerprint density at radius 1 is 0.344 bits per heavy atom. The van der Waals surface area contributed by atoms with Crippen molar-refractivity contribution in [2.75, 3.05) is 0 Å². The molecule has 61 heavy (non-hydrogen) atoms. The van der Waals surface area contributed by atoms with Crippen molar-refractivity contribution in [3.63, 3.8) is 0 Å². The van der Waals surface area contributed by atoms with Gasteiger partial charge in [-0.1, -0.05) is 90.1 Å². The summed E-state index contributed by atoms with van der Waals surface area (Å²) in [5.41, 5.74) is 12.9. The third-order valence-electron chi connectivity index (χ3n) is 12.7. The number of nitrogens with zero attached hydrogens (tertiary/aromatic N) is 2. The Morgan fingerprint density at radius 2 is 0.721 bits per heavy atom. The summed E-state index contributed by atoms with van der Waals surface area (Å²) in [4.78, 5) is 0. The fourth-order valence-electron chi connectivity index (χ4n) is 9.46. The largest absolute Gasteiger partial charge is 0.457 e. The number of ether oxygens (including phenoxy) is 1. The number of fused-ring (bicyclic) bond motifs is 12. The number of para-hydroxylation sites is 2. The molecule has 0 aliphatic rings. The van der Waals surface area contributed by atoms with Gasteiger partial charge in [-0.3, -0.25) is 0 Å². The van der Waals surface area contributed by atoms with Gasteiger partial charge in [0.25, 0.3) is 0 Å². The number of benzene rings is 8. The highest BCUT2D eigenvalue weighted by molar-refractivity contribution is 6.13. The van der Waals surface area contributed by atoms with E-state index in [1.165, 1.54) is 21.9 Å². The fourth-order valence-corrected chi connectivity index (χ4v) is 9.46. The van der Waals surface area contributed by atoms with Crippen LogP contribution in [0.2, 0.25) is 0 Å². The van der Waals surface area contributed by atoms with Crippen LogP contribution in [0.4, 0.5) is 0 Å². The minimum atomic E-state index is -0.00908. The number of rotatable bonds is 4. The zero-order valence-electron chi connectivity index (χ0n) is 35.1. The van der Waals surface area contributed by atoms with E-state index in [-0.39, 0.29) is 10.8 Å². The molecule has 12 rings (SSSR count). The van der Waals surface area contributed by atoms with Gasteiger partial charge in [-0.2, -0.15) is 0 Å². The van der Waals surface area contributed by atoms with E-state index in [2.05, 4.69) is 184 Å². The summed E-state index contributed by atoms with van der Waals surface area (Å²) in [6, 6.07) is 56.4. The van der Waals surface area contributed by atoms with Crippen molar-refractivity contribution in [2.45, 2.75) is 52.4 Å². The summed E-state index contributed by atoms with van der Waals surface area (Å²) < 4.78 is 24.0. The van der Waals surface area contributed by atoms with Gasteiger partial charge in [0.2, 0.25) is 0 Å². The third-order valence-corrected chi connectivity index (χ3v) is 12.7. The van der Waals surface area contributed by atoms with Gasteiger partial charge < -0.3 is 22.7 Å². The monoisotopic (exact) mass is 792 g/mol. The second-order valence-electron chi connectivity index (χ2n) is 18.7. The van der Waals surface area contributed by atoms with Gasteiger partial charge >= 0.3 is 0 Å². The summed E-state index contributed by atoms with van der Waals surface area (Å²) in [6.45, 7) is 13.6. The van der Waals surface area contributed by atoms with Crippen LogP contribution in [0.1, 0.15) is 52.7 Å². The van der Waals surface area contributed by atoms with Crippen LogP contribution in [0.5, 0.6) is 11.5 Å². The molecule has 0 aliphatic heterocycles. The first-order valence-electron chi connectivity index (χ1n) is 21.1. The third kappa shape index (κ3) is 5.53. The molecule has 296 valence electrons. The molecule has 0 saturated carbocycles. The van der Waals surface area contributed by atoms with Crippen molar-refractivity contribution < 1.29 is 13.6 Å². The second-order valence-corrected chi connectivity index (χ2v) is 18.7. The van der Waals surface area contributed by atoms with Gasteiger partial charge in [-0.25, -0.2) is 0 Å². The molecule has 4 aromatic heterocycles. The van der Waals surface area contributed by atoms with Crippen LogP contribution < -0.4 is 4.74 Å². The van der Waals surface area contributed by atoms with E-state index in [0.717, 1.165) is 99.6 Å². The van der Waals surface area contributed by atoms with E-state index in [9.17, 15) is 0 Å². The van der Waals surface area contributed by atoms with Crippen molar-refractivity contribution in [1.82, 2.24) is 9.13 Å². The highest BCUT2D eigenvalue weighted by Crippen LogP contribution is 2.42. The molecular formula is C56H44N2O3. The lowest BCUT2D eigenvalue weighted by molar-refractivity contribution is 0.484. The Bertz CT molecular complexity index is 3510. The summed E-state index contributed by atoms with van der Waals surface area (Å²) >= 11 is 0. The minimum absolute atomic E-state index is 0.00908. The Labute approximate surface area is 353 Å². The molecule has 0 unspecified atom stereocenters. The topological polar surface area (TPSA) is 45.4 Å². The van der Waals surface area contributed by atoms with Crippen molar-refractivity contribution >= 4 is 87.5 Å². The zero-order valence-corrected chi connectivity index (χ0v) is 35.1. The van der Waals surface area contributed by atoms with Crippen molar-refractivity contribution in [2.24, 2.45) is 0 Å². The van der Waals surface area contributed by atoms with Crippen LogP contribution in [0.3, 0.4) is 0 Å². The predicted octanol–water partition coefficient (Wildman–Crippen LogP) is 16.1. The van der Waals surface area contributed by atoms with Crippen LogP contribution in [-0.2, 0) is 10.8 Å². The fraction of sp³-hybridized carbons (Fsp3) is 0.143.